The minimum atomic E-state index is 0.0853. The van der Waals surface area contributed by atoms with E-state index in [1.807, 2.05) is 6.92 Å². The monoisotopic (exact) mass is 266 g/mol. The average molecular weight is 266 g/mol. The molecular formula is C16H30N2O. The maximum absolute atomic E-state index is 12.4. The molecule has 4 atom stereocenters. The van der Waals surface area contributed by atoms with E-state index in [0.717, 1.165) is 18.8 Å². The van der Waals surface area contributed by atoms with E-state index < -0.39 is 0 Å². The Kier molecular flexibility index (Phi) is 3.97. The van der Waals surface area contributed by atoms with E-state index in [9.17, 15) is 4.79 Å². The summed E-state index contributed by atoms with van der Waals surface area (Å²) >= 11 is 0. The van der Waals surface area contributed by atoms with Crippen LogP contribution in [0.2, 0.25) is 0 Å². The van der Waals surface area contributed by atoms with E-state index in [0.29, 0.717) is 18.0 Å². The Bertz CT molecular complexity index is 348. The summed E-state index contributed by atoms with van der Waals surface area (Å²) < 4.78 is 0. The van der Waals surface area contributed by atoms with Gasteiger partial charge in [-0.25, -0.2) is 0 Å². The van der Waals surface area contributed by atoms with Gasteiger partial charge < -0.3 is 11.1 Å². The van der Waals surface area contributed by atoms with Crippen molar-refractivity contribution >= 4 is 5.91 Å². The second-order valence-electron chi connectivity index (χ2n) is 7.69. The molecule has 2 rings (SSSR count). The van der Waals surface area contributed by atoms with Gasteiger partial charge in [0.2, 0.25) is 5.91 Å². The molecule has 3 heteroatoms. The molecule has 2 bridgehead atoms. The predicted molar refractivity (Wildman–Crippen MR) is 78.6 cm³/mol. The topological polar surface area (TPSA) is 55.1 Å². The molecule has 0 aliphatic heterocycles. The van der Waals surface area contributed by atoms with Gasteiger partial charge in [-0.2, -0.15) is 0 Å². The Morgan fingerprint density at radius 1 is 1.42 bits per heavy atom. The molecule has 4 unspecified atom stereocenters. The van der Waals surface area contributed by atoms with Gasteiger partial charge in [0.25, 0.3) is 0 Å². The zero-order valence-corrected chi connectivity index (χ0v) is 13.0. The van der Waals surface area contributed by atoms with Crippen LogP contribution in [-0.4, -0.2) is 18.5 Å². The predicted octanol–water partition coefficient (Wildman–Crippen LogP) is 2.69. The van der Waals surface area contributed by atoms with Crippen molar-refractivity contribution in [1.82, 2.24) is 5.32 Å². The quantitative estimate of drug-likeness (QED) is 0.804. The number of carbonyl (C=O) groups excluding carboxylic acids is 1. The first-order valence-electron chi connectivity index (χ1n) is 7.81. The van der Waals surface area contributed by atoms with E-state index in [1.54, 1.807) is 0 Å². The van der Waals surface area contributed by atoms with Crippen LogP contribution in [-0.2, 0) is 4.79 Å². The second-order valence-corrected chi connectivity index (χ2v) is 7.69. The van der Waals surface area contributed by atoms with Crippen molar-refractivity contribution in [2.24, 2.45) is 28.4 Å². The van der Waals surface area contributed by atoms with Crippen LogP contribution in [0, 0.1) is 22.7 Å². The standard InChI is InChI=1S/C16H30N2O/c1-11(6-5-9-17)13(19)18-14-15(2,3)12-7-8-16(14,4)10-12/h11-12,14H,5-10,17H2,1-4H3,(H,18,19). The molecule has 0 aromatic rings. The molecule has 0 heterocycles. The molecule has 2 aliphatic carbocycles. The molecule has 1 amide bonds. The normalized spacial score (nSPS) is 37.3. The molecule has 3 N–H and O–H groups in total. The lowest BCUT2D eigenvalue weighted by molar-refractivity contribution is -0.127. The molecule has 0 aromatic carbocycles. The summed E-state index contributed by atoms with van der Waals surface area (Å²) in [5.74, 6) is 1.09. The molecule has 0 radical (unpaired) electrons. The summed E-state index contributed by atoms with van der Waals surface area (Å²) in [5.41, 5.74) is 6.09. The zero-order chi connectivity index (χ0) is 14.3. The van der Waals surface area contributed by atoms with E-state index >= 15 is 0 Å². The molecule has 2 fully saturated rings. The summed E-state index contributed by atoms with van der Waals surface area (Å²) in [7, 11) is 0. The number of nitrogens with one attached hydrogen (secondary N) is 1. The first-order chi connectivity index (χ1) is 8.81. The van der Waals surface area contributed by atoms with Crippen molar-refractivity contribution in [3.63, 3.8) is 0 Å². The number of rotatable bonds is 5. The van der Waals surface area contributed by atoms with Gasteiger partial charge in [-0.3, -0.25) is 4.79 Å². The van der Waals surface area contributed by atoms with Crippen LogP contribution in [0.3, 0.4) is 0 Å². The Hall–Kier alpha value is -0.570. The van der Waals surface area contributed by atoms with Crippen molar-refractivity contribution < 1.29 is 4.79 Å². The maximum atomic E-state index is 12.4. The number of carbonyl (C=O) groups is 1. The van der Waals surface area contributed by atoms with Gasteiger partial charge in [0.1, 0.15) is 0 Å². The molecular weight excluding hydrogens is 236 g/mol. The fourth-order valence-corrected chi connectivity index (χ4v) is 4.50. The van der Waals surface area contributed by atoms with Gasteiger partial charge in [-0.15, -0.1) is 0 Å². The number of amides is 1. The highest BCUT2D eigenvalue weighted by Gasteiger charge is 2.59. The summed E-state index contributed by atoms with van der Waals surface area (Å²) in [6.07, 6.45) is 5.71. The molecule has 19 heavy (non-hydrogen) atoms. The SMILES string of the molecule is CC(CCCN)C(=O)NC1C2(C)CCC(C2)C1(C)C. The Balaban J connectivity index is 2.00. The van der Waals surface area contributed by atoms with Crippen molar-refractivity contribution in [3.05, 3.63) is 0 Å². The van der Waals surface area contributed by atoms with Gasteiger partial charge in [0.15, 0.2) is 0 Å². The molecule has 0 aromatic heterocycles. The minimum absolute atomic E-state index is 0.0853. The lowest BCUT2D eigenvalue weighted by Crippen LogP contribution is -2.53. The Morgan fingerprint density at radius 3 is 2.63 bits per heavy atom. The molecule has 110 valence electrons. The van der Waals surface area contributed by atoms with Gasteiger partial charge in [-0.05, 0) is 55.4 Å². The largest absolute Gasteiger partial charge is 0.352 e. The van der Waals surface area contributed by atoms with Crippen molar-refractivity contribution in [1.29, 1.82) is 0 Å². The third kappa shape index (κ3) is 2.54. The van der Waals surface area contributed by atoms with Crippen LogP contribution in [0.25, 0.3) is 0 Å². The highest BCUT2D eigenvalue weighted by Crippen LogP contribution is 2.62. The molecule has 0 saturated heterocycles. The first kappa shape index (κ1) is 14.8. The van der Waals surface area contributed by atoms with Crippen LogP contribution in [0.15, 0.2) is 0 Å². The fourth-order valence-electron chi connectivity index (χ4n) is 4.50. The number of nitrogens with two attached hydrogens (primary N) is 1. The third-order valence-electron chi connectivity index (χ3n) is 5.85. The third-order valence-corrected chi connectivity index (χ3v) is 5.85. The fraction of sp³-hybridized carbons (Fsp3) is 0.938. The first-order valence-corrected chi connectivity index (χ1v) is 7.81. The van der Waals surface area contributed by atoms with E-state index in [4.69, 9.17) is 5.73 Å². The van der Waals surface area contributed by atoms with Crippen molar-refractivity contribution in [2.75, 3.05) is 6.54 Å². The Morgan fingerprint density at radius 2 is 2.11 bits per heavy atom. The summed E-state index contributed by atoms with van der Waals surface area (Å²) in [4.78, 5) is 12.4. The molecule has 3 nitrogen and oxygen atoms in total. The van der Waals surface area contributed by atoms with Crippen LogP contribution in [0.1, 0.15) is 59.8 Å². The van der Waals surface area contributed by atoms with Gasteiger partial charge in [-0.1, -0.05) is 27.7 Å². The number of hydrogen-bond acceptors (Lipinski definition) is 2. The highest BCUT2D eigenvalue weighted by atomic mass is 16.1. The number of fused-ring (bicyclic) bond motifs is 2. The lowest BCUT2D eigenvalue weighted by atomic mass is 9.68. The van der Waals surface area contributed by atoms with Gasteiger partial charge in [0, 0.05) is 12.0 Å². The van der Waals surface area contributed by atoms with Crippen LogP contribution in [0.4, 0.5) is 0 Å². The average Bonchev–Trinajstić information content (AvgIpc) is 2.82. The van der Waals surface area contributed by atoms with Crippen LogP contribution < -0.4 is 11.1 Å². The van der Waals surface area contributed by atoms with Gasteiger partial charge in [0.05, 0.1) is 0 Å². The second kappa shape index (κ2) is 5.08. The molecule has 2 aliphatic rings. The number of hydrogen-bond donors (Lipinski definition) is 2. The maximum Gasteiger partial charge on any atom is 0.223 e. The van der Waals surface area contributed by atoms with Gasteiger partial charge >= 0.3 is 0 Å². The van der Waals surface area contributed by atoms with E-state index in [2.05, 4.69) is 26.1 Å². The summed E-state index contributed by atoms with van der Waals surface area (Å²) in [6.45, 7) is 9.71. The molecule has 0 spiro atoms. The Labute approximate surface area is 117 Å². The molecule has 2 saturated carbocycles. The highest BCUT2D eigenvalue weighted by molar-refractivity contribution is 5.78. The van der Waals surface area contributed by atoms with E-state index in [-0.39, 0.29) is 17.2 Å². The van der Waals surface area contributed by atoms with E-state index in [1.165, 1.54) is 19.3 Å². The van der Waals surface area contributed by atoms with Crippen molar-refractivity contribution in [3.8, 4) is 0 Å². The minimum Gasteiger partial charge on any atom is -0.352 e. The summed E-state index contributed by atoms with van der Waals surface area (Å²) in [6, 6.07) is 0.339. The summed E-state index contributed by atoms with van der Waals surface area (Å²) in [5, 5.41) is 3.37. The van der Waals surface area contributed by atoms with Crippen LogP contribution in [0.5, 0.6) is 0 Å². The van der Waals surface area contributed by atoms with Crippen molar-refractivity contribution in [2.45, 2.75) is 65.8 Å². The zero-order valence-electron chi connectivity index (χ0n) is 13.0. The smallest absolute Gasteiger partial charge is 0.223 e. The lowest BCUT2D eigenvalue weighted by Gasteiger charge is -2.43. The van der Waals surface area contributed by atoms with Crippen LogP contribution >= 0.6 is 0 Å².